The molecule has 132 valence electrons. The van der Waals surface area contributed by atoms with E-state index in [-0.39, 0.29) is 5.91 Å². The molecule has 6 heteroatoms. The number of amides is 1. The van der Waals surface area contributed by atoms with Gasteiger partial charge in [-0.25, -0.2) is 0 Å². The molecule has 0 bridgehead atoms. The number of aromatic nitrogens is 2. The van der Waals surface area contributed by atoms with Crippen molar-refractivity contribution in [3.63, 3.8) is 0 Å². The first kappa shape index (κ1) is 16.1. The third-order valence-electron chi connectivity index (χ3n) is 5.34. The first-order valence-corrected chi connectivity index (χ1v) is 9.22. The van der Waals surface area contributed by atoms with Crippen LogP contribution >= 0.6 is 0 Å². The molecule has 1 amide bonds. The van der Waals surface area contributed by atoms with E-state index < -0.39 is 0 Å². The Morgan fingerprint density at radius 3 is 2.60 bits per heavy atom. The van der Waals surface area contributed by atoms with Crippen molar-refractivity contribution in [2.75, 3.05) is 31.1 Å². The Labute approximate surface area is 147 Å². The van der Waals surface area contributed by atoms with Crippen LogP contribution in [0, 0.1) is 0 Å². The topological polar surface area (TPSA) is 62.5 Å². The van der Waals surface area contributed by atoms with E-state index in [1.807, 2.05) is 23.1 Å². The van der Waals surface area contributed by atoms with Gasteiger partial charge in [0, 0.05) is 50.0 Å². The second-order valence-corrected chi connectivity index (χ2v) is 6.94. The normalized spacial score (nSPS) is 19.2. The molecule has 0 aromatic carbocycles. The molecule has 0 atom stereocenters. The van der Waals surface area contributed by atoms with Crippen molar-refractivity contribution in [3.8, 4) is 0 Å². The predicted octanol–water partition coefficient (Wildman–Crippen LogP) is 3.08. The van der Waals surface area contributed by atoms with Gasteiger partial charge in [-0.15, -0.1) is 0 Å². The average molecular weight is 340 g/mol. The van der Waals surface area contributed by atoms with Gasteiger partial charge in [-0.3, -0.25) is 9.78 Å². The highest BCUT2D eigenvalue weighted by molar-refractivity contribution is 5.93. The van der Waals surface area contributed by atoms with E-state index in [0.29, 0.717) is 11.6 Å². The first-order valence-electron chi connectivity index (χ1n) is 9.22. The molecule has 0 radical (unpaired) electrons. The number of piperidine rings is 2. The van der Waals surface area contributed by atoms with E-state index in [9.17, 15) is 4.79 Å². The van der Waals surface area contributed by atoms with Gasteiger partial charge in [0.1, 0.15) is 12.0 Å². The third-order valence-corrected chi connectivity index (χ3v) is 5.34. The van der Waals surface area contributed by atoms with Crippen molar-refractivity contribution >= 4 is 11.6 Å². The fourth-order valence-corrected chi connectivity index (χ4v) is 3.86. The summed E-state index contributed by atoms with van der Waals surface area (Å²) in [6.07, 6.45) is 8.91. The number of anilines is 1. The van der Waals surface area contributed by atoms with Gasteiger partial charge >= 0.3 is 0 Å². The highest BCUT2D eigenvalue weighted by atomic mass is 16.5. The zero-order valence-electron chi connectivity index (χ0n) is 14.4. The quantitative estimate of drug-likeness (QED) is 0.859. The van der Waals surface area contributed by atoms with Crippen LogP contribution in [0.15, 0.2) is 35.2 Å². The van der Waals surface area contributed by atoms with Gasteiger partial charge in [0.2, 0.25) is 0 Å². The molecule has 4 heterocycles. The van der Waals surface area contributed by atoms with Gasteiger partial charge in [0.05, 0.1) is 5.69 Å². The molecule has 2 aliphatic heterocycles. The SMILES string of the molecule is O=C(c1cc(N2CCC(c3ccon3)CC2)ccn1)N1CCCCC1. The maximum absolute atomic E-state index is 12.7. The van der Waals surface area contributed by atoms with Crippen molar-refractivity contribution in [1.82, 2.24) is 15.0 Å². The fraction of sp³-hybridized carbons (Fsp3) is 0.526. The zero-order valence-corrected chi connectivity index (χ0v) is 14.4. The van der Waals surface area contributed by atoms with E-state index in [1.165, 1.54) is 6.42 Å². The number of pyridine rings is 1. The van der Waals surface area contributed by atoms with Crippen molar-refractivity contribution in [3.05, 3.63) is 42.0 Å². The highest BCUT2D eigenvalue weighted by Crippen LogP contribution is 2.29. The van der Waals surface area contributed by atoms with E-state index in [4.69, 9.17) is 4.52 Å². The number of likely N-dealkylation sites (tertiary alicyclic amines) is 1. The number of hydrogen-bond donors (Lipinski definition) is 0. The van der Waals surface area contributed by atoms with Crippen LogP contribution < -0.4 is 4.90 Å². The molecular formula is C19H24N4O2. The minimum atomic E-state index is 0.0685. The number of carbonyl (C=O) groups excluding carboxylic acids is 1. The Morgan fingerprint density at radius 1 is 1.08 bits per heavy atom. The fourth-order valence-electron chi connectivity index (χ4n) is 3.86. The lowest BCUT2D eigenvalue weighted by molar-refractivity contribution is 0.0718. The first-order chi connectivity index (χ1) is 12.3. The van der Waals surface area contributed by atoms with Gasteiger partial charge in [-0.05, 0) is 44.2 Å². The Bertz CT molecular complexity index is 702. The van der Waals surface area contributed by atoms with Gasteiger partial charge in [-0.2, -0.15) is 0 Å². The molecule has 2 aromatic heterocycles. The van der Waals surface area contributed by atoms with Crippen LogP contribution in [-0.4, -0.2) is 47.1 Å². The summed E-state index contributed by atoms with van der Waals surface area (Å²) in [4.78, 5) is 21.3. The lowest BCUT2D eigenvalue weighted by atomic mass is 9.93. The van der Waals surface area contributed by atoms with Crippen LogP contribution in [0.3, 0.4) is 0 Å². The zero-order chi connectivity index (χ0) is 17.1. The van der Waals surface area contributed by atoms with Gasteiger partial charge in [0.25, 0.3) is 5.91 Å². The minimum absolute atomic E-state index is 0.0685. The summed E-state index contributed by atoms with van der Waals surface area (Å²) in [5, 5.41) is 4.07. The highest BCUT2D eigenvalue weighted by Gasteiger charge is 2.24. The summed E-state index contributed by atoms with van der Waals surface area (Å²) in [5.74, 6) is 0.533. The second kappa shape index (κ2) is 7.25. The molecular weight excluding hydrogens is 316 g/mol. The van der Waals surface area contributed by atoms with Crippen molar-refractivity contribution in [2.45, 2.75) is 38.0 Å². The molecule has 2 saturated heterocycles. The van der Waals surface area contributed by atoms with E-state index >= 15 is 0 Å². The van der Waals surface area contributed by atoms with Crippen molar-refractivity contribution < 1.29 is 9.32 Å². The molecule has 0 aliphatic carbocycles. The second-order valence-electron chi connectivity index (χ2n) is 6.94. The average Bonchev–Trinajstić information content (AvgIpc) is 3.23. The van der Waals surface area contributed by atoms with Crippen LogP contribution in [0.2, 0.25) is 0 Å². The Kier molecular flexibility index (Phi) is 4.68. The van der Waals surface area contributed by atoms with Gasteiger partial charge < -0.3 is 14.3 Å². The lowest BCUT2D eigenvalue weighted by Crippen LogP contribution is -2.36. The van der Waals surface area contributed by atoms with Crippen LogP contribution in [-0.2, 0) is 0 Å². The van der Waals surface area contributed by atoms with Gasteiger partial charge in [-0.1, -0.05) is 5.16 Å². The predicted molar refractivity (Wildman–Crippen MR) is 94.7 cm³/mol. The Balaban J connectivity index is 1.42. The summed E-state index contributed by atoms with van der Waals surface area (Å²) in [6.45, 7) is 3.62. The van der Waals surface area contributed by atoms with E-state index in [0.717, 1.165) is 63.2 Å². The number of carbonyl (C=O) groups is 1. The van der Waals surface area contributed by atoms with Crippen LogP contribution in [0.1, 0.15) is 54.2 Å². The maximum atomic E-state index is 12.7. The third kappa shape index (κ3) is 3.52. The van der Waals surface area contributed by atoms with E-state index in [1.54, 1.807) is 12.5 Å². The van der Waals surface area contributed by atoms with Crippen molar-refractivity contribution in [1.29, 1.82) is 0 Å². The maximum Gasteiger partial charge on any atom is 0.272 e. The van der Waals surface area contributed by atoms with Crippen molar-refractivity contribution in [2.24, 2.45) is 0 Å². The molecule has 4 rings (SSSR count). The van der Waals surface area contributed by atoms with Crippen LogP contribution in [0.25, 0.3) is 0 Å². The number of hydrogen-bond acceptors (Lipinski definition) is 5. The molecule has 2 aliphatic rings. The minimum Gasteiger partial charge on any atom is -0.371 e. The number of nitrogens with zero attached hydrogens (tertiary/aromatic N) is 4. The molecule has 0 spiro atoms. The molecule has 0 saturated carbocycles. The van der Waals surface area contributed by atoms with Crippen LogP contribution in [0.4, 0.5) is 5.69 Å². The standard InChI is InChI=1S/C19H24N4O2/c24-19(23-9-2-1-3-10-23)18-14-16(4-8-20-18)22-11-5-15(6-12-22)17-7-13-25-21-17/h4,7-8,13-15H,1-3,5-6,9-12H2. The van der Waals surface area contributed by atoms with Crippen LogP contribution in [0.5, 0.6) is 0 Å². The Morgan fingerprint density at radius 2 is 1.88 bits per heavy atom. The lowest BCUT2D eigenvalue weighted by Gasteiger charge is -2.33. The monoisotopic (exact) mass is 340 g/mol. The van der Waals surface area contributed by atoms with E-state index in [2.05, 4.69) is 15.0 Å². The molecule has 2 aromatic rings. The summed E-state index contributed by atoms with van der Waals surface area (Å²) < 4.78 is 4.96. The summed E-state index contributed by atoms with van der Waals surface area (Å²) in [6, 6.07) is 5.92. The molecule has 0 unspecified atom stereocenters. The smallest absolute Gasteiger partial charge is 0.272 e. The largest absolute Gasteiger partial charge is 0.371 e. The summed E-state index contributed by atoms with van der Waals surface area (Å²) in [5.41, 5.74) is 2.71. The molecule has 6 nitrogen and oxygen atoms in total. The summed E-state index contributed by atoms with van der Waals surface area (Å²) >= 11 is 0. The van der Waals surface area contributed by atoms with Gasteiger partial charge in [0.15, 0.2) is 0 Å². The molecule has 2 fully saturated rings. The summed E-state index contributed by atoms with van der Waals surface area (Å²) in [7, 11) is 0. The molecule has 25 heavy (non-hydrogen) atoms. The number of rotatable bonds is 3. The Hall–Kier alpha value is -2.37. The molecule has 0 N–H and O–H groups in total.